The third-order valence-electron chi connectivity index (χ3n) is 3.07. The largest absolute Gasteiger partial charge is 0.379 e. The molecule has 1 amide bonds. The predicted octanol–water partition coefficient (Wildman–Crippen LogP) is 0.869. The zero-order valence-electron chi connectivity index (χ0n) is 10.7. The van der Waals surface area contributed by atoms with Crippen LogP contribution < -0.4 is 5.32 Å². The van der Waals surface area contributed by atoms with Crippen molar-refractivity contribution >= 4 is 5.91 Å². The molecular formula is C12H24N2O2. The summed E-state index contributed by atoms with van der Waals surface area (Å²) in [6.07, 6.45) is 2.03. The van der Waals surface area contributed by atoms with Crippen LogP contribution in [0.25, 0.3) is 0 Å². The average molecular weight is 228 g/mol. The van der Waals surface area contributed by atoms with E-state index in [-0.39, 0.29) is 17.9 Å². The number of likely N-dealkylation sites (N-methyl/N-ethyl adjacent to an activating group) is 1. The number of nitrogens with zero attached hydrogens (tertiary/aromatic N) is 1. The Morgan fingerprint density at radius 3 is 2.44 bits per heavy atom. The number of carbonyl (C=O) groups is 1. The van der Waals surface area contributed by atoms with E-state index in [0.717, 1.165) is 25.9 Å². The fourth-order valence-corrected chi connectivity index (χ4v) is 2.19. The zero-order valence-corrected chi connectivity index (χ0v) is 10.7. The van der Waals surface area contributed by atoms with Crippen LogP contribution in [0.2, 0.25) is 0 Å². The van der Waals surface area contributed by atoms with Crippen molar-refractivity contribution in [2.24, 2.45) is 5.92 Å². The molecule has 1 N–H and O–H groups in total. The van der Waals surface area contributed by atoms with Crippen LogP contribution in [0.1, 0.15) is 26.7 Å². The molecule has 0 saturated carbocycles. The maximum Gasteiger partial charge on any atom is 0.229 e. The summed E-state index contributed by atoms with van der Waals surface area (Å²) < 4.78 is 5.38. The maximum atomic E-state index is 12.3. The van der Waals surface area contributed by atoms with E-state index in [2.05, 4.69) is 19.2 Å². The first-order chi connectivity index (χ1) is 7.74. The highest BCUT2D eigenvalue weighted by Gasteiger charge is 2.35. The Hall–Kier alpha value is -0.610. The molecule has 4 heteroatoms. The van der Waals surface area contributed by atoms with Gasteiger partial charge in [-0.2, -0.15) is 0 Å². The molecule has 2 atom stereocenters. The summed E-state index contributed by atoms with van der Waals surface area (Å²) in [5.74, 6) is 0.253. The van der Waals surface area contributed by atoms with Crippen LogP contribution in [0.3, 0.4) is 0 Å². The van der Waals surface area contributed by atoms with Gasteiger partial charge < -0.3 is 15.0 Å². The number of amides is 1. The molecule has 1 aliphatic heterocycles. The summed E-state index contributed by atoms with van der Waals surface area (Å²) in [6.45, 7) is 7.15. The molecule has 1 heterocycles. The fourth-order valence-electron chi connectivity index (χ4n) is 2.19. The van der Waals surface area contributed by atoms with E-state index in [1.165, 1.54) is 0 Å². The molecule has 4 nitrogen and oxygen atoms in total. The third kappa shape index (κ3) is 3.19. The second-order valence-corrected chi connectivity index (χ2v) is 4.36. The van der Waals surface area contributed by atoms with Crippen LogP contribution in [-0.2, 0) is 9.53 Å². The number of hydrogen-bond donors (Lipinski definition) is 1. The highest BCUT2D eigenvalue weighted by Crippen LogP contribution is 2.17. The number of hydrogen-bond acceptors (Lipinski definition) is 3. The van der Waals surface area contributed by atoms with Crippen molar-refractivity contribution in [2.45, 2.75) is 32.7 Å². The first kappa shape index (κ1) is 13.5. The molecule has 1 aliphatic rings. The smallest absolute Gasteiger partial charge is 0.229 e. The average Bonchev–Trinajstić information content (AvgIpc) is 2.75. The molecule has 16 heavy (non-hydrogen) atoms. The van der Waals surface area contributed by atoms with Crippen molar-refractivity contribution in [3.05, 3.63) is 0 Å². The van der Waals surface area contributed by atoms with Gasteiger partial charge in [0.1, 0.15) is 0 Å². The summed E-state index contributed by atoms with van der Waals surface area (Å²) >= 11 is 0. The Balaban J connectivity index is 2.58. The van der Waals surface area contributed by atoms with E-state index in [1.807, 2.05) is 11.9 Å². The number of rotatable bonds is 6. The SMILES string of the molecule is CCCN(CCC)C(=O)C1COCC1NC. The lowest BCUT2D eigenvalue weighted by Crippen LogP contribution is -2.45. The van der Waals surface area contributed by atoms with Crippen LogP contribution >= 0.6 is 0 Å². The maximum absolute atomic E-state index is 12.3. The lowest BCUT2D eigenvalue weighted by Gasteiger charge is -2.26. The molecule has 94 valence electrons. The summed E-state index contributed by atoms with van der Waals surface area (Å²) in [6, 6.07) is 0.184. The molecule has 1 saturated heterocycles. The standard InChI is InChI=1S/C12H24N2O2/c1-4-6-14(7-5-2)12(15)10-8-16-9-11(10)13-3/h10-11,13H,4-9H2,1-3H3. The lowest BCUT2D eigenvalue weighted by molar-refractivity contribution is -0.136. The van der Waals surface area contributed by atoms with E-state index in [9.17, 15) is 4.79 Å². The Bertz CT molecular complexity index is 215. The van der Waals surface area contributed by atoms with Gasteiger partial charge in [0.2, 0.25) is 5.91 Å². The topological polar surface area (TPSA) is 41.6 Å². The summed E-state index contributed by atoms with van der Waals surface area (Å²) in [4.78, 5) is 14.3. The molecular weight excluding hydrogens is 204 g/mol. The van der Waals surface area contributed by atoms with Crippen molar-refractivity contribution < 1.29 is 9.53 Å². The first-order valence-electron chi connectivity index (χ1n) is 6.28. The number of nitrogens with one attached hydrogen (secondary N) is 1. The monoisotopic (exact) mass is 228 g/mol. The van der Waals surface area contributed by atoms with Crippen LogP contribution in [0.4, 0.5) is 0 Å². The van der Waals surface area contributed by atoms with Crippen LogP contribution in [0.15, 0.2) is 0 Å². The molecule has 0 bridgehead atoms. The molecule has 0 spiro atoms. The van der Waals surface area contributed by atoms with Gasteiger partial charge in [-0.3, -0.25) is 4.79 Å². The van der Waals surface area contributed by atoms with Crippen molar-refractivity contribution in [1.82, 2.24) is 10.2 Å². The highest BCUT2D eigenvalue weighted by molar-refractivity contribution is 5.80. The second-order valence-electron chi connectivity index (χ2n) is 4.36. The Labute approximate surface area is 98.3 Å². The van der Waals surface area contributed by atoms with Crippen molar-refractivity contribution in [3.63, 3.8) is 0 Å². The first-order valence-corrected chi connectivity index (χ1v) is 6.28. The van der Waals surface area contributed by atoms with E-state index >= 15 is 0 Å². The Morgan fingerprint density at radius 2 is 1.94 bits per heavy atom. The minimum atomic E-state index is 0.00287. The van der Waals surface area contributed by atoms with Gasteiger partial charge in [0, 0.05) is 19.1 Å². The molecule has 0 radical (unpaired) electrons. The van der Waals surface area contributed by atoms with Gasteiger partial charge in [0.15, 0.2) is 0 Å². The van der Waals surface area contributed by atoms with Gasteiger partial charge in [-0.15, -0.1) is 0 Å². The summed E-state index contributed by atoms with van der Waals surface area (Å²) in [5, 5.41) is 3.16. The summed E-state index contributed by atoms with van der Waals surface area (Å²) in [7, 11) is 1.89. The van der Waals surface area contributed by atoms with Gasteiger partial charge in [0.25, 0.3) is 0 Å². The van der Waals surface area contributed by atoms with Crippen LogP contribution in [0, 0.1) is 5.92 Å². The molecule has 0 aromatic carbocycles. The lowest BCUT2D eigenvalue weighted by atomic mass is 10.0. The number of ether oxygens (including phenoxy) is 1. The minimum absolute atomic E-state index is 0.00287. The van der Waals surface area contributed by atoms with Gasteiger partial charge in [-0.05, 0) is 19.9 Å². The normalized spacial score (nSPS) is 24.7. The molecule has 1 rings (SSSR count). The zero-order chi connectivity index (χ0) is 12.0. The van der Waals surface area contributed by atoms with Crippen LogP contribution in [-0.4, -0.2) is 50.2 Å². The van der Waals surface area contributed by atoms with Crippen LogP contribution in [0.5, 0.6) is 0 Å². The van der Waals surface area contributed by atoms with Crippen molar-refractivity contribution in [2.75, 3.05) is 33.4 Å². The summed E-state index contributed by atoms with van der Waals surface area (Å²) in [5.41, 5.74) is 0. The van der Waals surface area contributed by atoms with Gasteiger partial charge in [-0.25, -0.2) is 0 Å². The quantitative estimate of drug-likeness (QED) is 0.733. The van der Waals surface area contributed by atoms with Crippen molar-refractivity contribution in [1.29, 1.82) is 0 Å². The van der Waals surface area contributed by atoms with Crippen molar-refractivity contribution in [3.8, 4) is 0 Å². The minimum Gasteiger partial charge on any atom is -0.379 e. The molecule has 0 aromatic rings. The second kappa shape index (κ2) is 6.86. The van der Waals surface area contributed by atoms with E-state index in [0.29, 0.717) is 13.2 Å². The number of carbonyl (C=O) groups excluding carboxylic acids is 1. The Morgan fingerprint density at radius 1 is 1.31 bits per heavy atom. The van der Waals surface area contributed by atoms with E-state index in [4.69, 9.17) is 4.74 Å². The van der Waals surface area contributed by atoms with Gasteiger partial charge >= 0.3 is 0 Å². The third-order valence-corrected chi connectivity index (χ3v) is 3.07. The van der Waals surface area contributed by atoms with E-state index < -0.39 is 0 Å². The fraction of sp³-hybridized carbons (Fsp3) is 0.917. The van der Waals surface area contributed by atoms with E-state index in [1.54, 1.807) is 0 Å². The molecule has 0 aliphatic carbocycles. The molecule has 0 aromatic heterocycles. The predicted molar refractivity (Wildman–Crippen MR) is 64.3 cm³/mol. The molecule has 1 fully saturated rings. The Kier molecular flexibility index (Phi) is 5.77. The highest BCUT2D eigenvalue weighted by atomic mass is 16.5. The van der Waals surface area contributed by atoms with Gasteiger partial charge in [0.05, 0.1) is 19.1 Å². The molecule has 2 unspecified atom stereocenters. The van der Waals surface area contributed by atoms with Gasteiger partial charge in [-0.1, -0.05) is 13.8 Å².